The number of rotatable bonds is 1. The first-order valence-electron chi connectivity index (χ1n) is 2.26. The van der Waals surface area contributed by atoms with Crippen molar-refractivity contribution >= 4 is 0 Å². The molecule has 0 spiro atoms. The predicted octanol–water partition coefficient (Wildman–Crippen LogP) is -0.332. The van der Waals surface area contributed by atoms with Gasteiger partial charge >= 0.3 is 0 Å². The third kappa shape index (κ3) is 0.667. The van der Waals surface area contributed by atoms with E-state index in [2.05, 4.69) is 0 Å². The van der Waals surface area contributed by atoms with Gasteiger partial charge in [-0.25, -0.2) is 0 Å². The van der Waals surface area contributed by atoms with E-state index in [0.29, 0.717) is 0 Å². The maximum Gasteiger partial charge on any atom is 0.127 e. The Labute approximate surface area is 42.1 Å². The topological polar surface area (TPSA) is 40.5 Å². The maximum absolute atomic E-state index is 8.84. The molecule has 0 amide bonds. The van der Waals surface area contributed by atoms with Crippen LogP contribution in [0, 0.1) is 0 Å². The van der Waals surface area contributed by atoms with Crippen molar-refractivity contribution in [2.24, 2.45) is 0 Å². The molecule has 0 radical (unpaired) electrons. The van der Waals surface area contributed by atoms with Crippen LogP contribution in [0.5, 0.6) is 0 Å². The minimum absolute atomic E-state index is 0.646. The van der Waals surface area contributed by atoms with Gasteiger partial charge in [-0.3, -0.25) is 0 Å². The molecule has 0 saturated heterocycles. The molecular formula is C5H8O2. The molecule has 40 valence electrons. The third-order valence-corrected chi connectivity index (χ3v) is 1.18. The molecule has 7 heavy (non-hydrogen) atoms. The van der Waals surface area contributed by atoms with Crippen LogP contribution >= 0.6 is 0 Å². The van der Waals surface area contributed by atoms with E-state index in [-0.39, 0.29) is 0 Å². The highest BCUT2D eigenvalue weighted by Crippen LogP contribution is 2.26. The summed E-state index contributed by atoms with van der Waals surface area (Å²) in [6.45, 7) is 1.56. The molecule has 0 bridgehead atoms. The lowest BCUT2D eigenvalue weighted by atomic mass is 10.2. The van der Waals surface area contributed by atoms with Crippen LogP contribution in [0.25, 0.3) is 0 Å². The van der Waals surface area contributed by atoms with Gasteiger partial charge in [-0.15, -0.1) is 0 Å². The minimum atomic E-state index is -0.944. The zero-order valence-corrected chi connectivity index (χ0v) is 4.13. The zero-order valence-electron chi connectivity index (χ0n) is 4.13. The van der Waals surface area contributed by atoms with Gasteiger partial charge in [-0.05, 0) is 19.1 Å². The number of hydrogen-bond donors (Lipinski definition) is 2. The molecule has 0 aliphatic heterocycles. The maximum atomic E-state index is 8.84. The molecule has 0 saturated carbocycles. The van der Waals surface area contributed by atoms with E-state index in [1.165, 1.54) is 0 Å². The van der Waals surface area contributed by atoms with Gasteiger partial charge in [0.25, 0.3) is 0 Å². The van der Waals surface area contributed by atoms with E-state index in [1.807, 2.05) is 0 Å². The van der Waals surface area contributed by atoms with Crippen LogP contribution in [0.15, 0.2) is 12.2 Å². The van der Waals surface area contributed by atoms with E-state index >= 15 is 0 Å². The highest BCUT2D eigenvalue weighted by atomic mass is 16.3. The molecule has 0 aromatic rings. The van der Waals surface area contributed by atoms with Gasteiger partial charge in [-0.2, -0.15) is 0 Å². The summed E-state index contributed by atoms with van der Waals surface area (Å²) in [5.41, 5.74) is -0.944. The van der Waals surface area contributed by atoms with Crippen LogP contribution in [-0.2, 0) is 0 Å². The van der Waals surface area contributed by atoms with Gasteiger partial charge < -0.3 is 10.2 Å². The summed E-state index contributed by atoms with van der Waals surface area (Å²) < 4.78 is 0. The van der Waals surface area contributed by atoms with E-state index < -0.39 is 11.7 Å². The van der Waals surface area contributed by atoms with Gasteiger partial charge in [0, 0.05) is 0 Å². The van der Waals surface area contributed by atoms with E-state index in [1.54, 1.807) is 19.1 Å². The Morgan fingerprint density at radius 2 is 2.00 bits per heavy atom. The highest BCUT2D eigenvalue weighted by Gasteiger charge is 2.35. The van der Waals surface area contributed by atoms with Crippen molar-refractivity contribution in [2.75, 3.05) is 0 Å². The van der Waals surface area contributed by atoms with Crippen LogP contribution in [0.2, 0.25) is 0 Å². The quantitative estimate of drug-likeness (QED) is 0.443. The lowest BCUT2D eigenvalue weighted by Crippen LogP contribution is -2.25. The first-order valence-corrected chi connectivity index (χ1v) is 2.26. The summed E-state index contributed by atoms with van der Waals surface area (Å²) >= 11 is 0. The molecule has 0 aromatic carbocycles. The summed E-state index contributed by atoms with van der Waals surface area (Å²) in [4.78, 5) is 0. The minimum Gasteiger partial charge on any atom is -0.390 e. The predicted molar refractivity (Wildman–Crippen MR) is 25.8 cm³/mol. The number of aliphatic hydroxyl groups is 2. The molecule has 2 N–H and O–H groups in total. The van der Waals surface area contributed by atoms with Crippen LogP contribution in [-0.4, -0.2) is 21.9 Å². The SMILES string of the molecule is CC(O)C1(O)C=C1. The van der Waals surface area contributed by atoms with Gasteiger partial charge in [0.05, 0.1) is 6.10 Å². The third-order valence-electron chi connectivity index (χ3n) is 1.18. The van der Waals surface area contributed by atoms with E-state index in [4.69, 9.17) is 10.2 Å². The molecule has 1 unspecified atom stereocenters. The number of aliphatic hydroxyl groups excluding tert-OH is 1. The van der Waals surface area contributed by atoms with Crippen LogP contribution in [0.1, 0.15) is 6.92 Å². The van der Waals surface area contributed by atoms with Crippen molar-refractivity contribution in [3.8, 4) is 0 Å². The van der Waals surface area contributed by atoms with E-state index in [9.17, 15) is 0 Å². The van der Waals surface area contributed by atoms with Crippen molar-refractivity contribution in [1.82, 2.24) is 0 Å². The van der Waals surface area contributed by atoms with Crippen molar-refractivity contribution in [1.29, 1.82) is 0 Å². The van der Waals surface area contributed by atoms with E-state index in [0.717, 1.165) is 0 Å². The van der Waals surface area contributed by atoms with Gasteiger partial charge in [0.2, 0.25) is 0 Å². The average molecular weight is 100 g/mol. The van der Waals surface area contributed by atoms with Crippen molar-refractivity contribution in [3.05, 3.63) is 12.2 Å². The Kier molecular flexibility index (Phi) is 0.743. The largest absolute Gasteiger partial charge is 0.390 e. The summed E-state index contributed by atoms with van der Waals surface area (Å²) in [7, 11) is 0. The lowest BCUT2D eigenvalue weighted by Gasteiger charge is -2.09. The molecule has 2 nitrogen and oxygen atoms in total. The molecular weight excluding hydrogens is 92.1 g/mol. The smallest absolute Gasteiger partial charge is 0.127 e. The fourth-order valence-corrected chi connectivity index (χ4v) is 0.364. The summed E-state index contributed by atoms with van der Waals surface area (Å²) in [5, 5.41) is 17.5. The average Bonchev–Trinajstić information content (AvgIpc) is 2.21. The van der Waals surface area contributed by atoms with Crippen molar-refractivity contribution in [2.45, 2.75) is 18.6 Å². The van der Waals surface area contributed by atoms with Gasteiger partial charge in [0.15, 0.2) is 0 Å². The van der Waals surface area contributed by atoms with Crippen LogP contribution in [0.4, 0.5) is 0 Å². The summed E-state index contributed by atoms with van der Waals surface area (Å²) in [5.74, 6) is 0. The zero-order chi connectivity index (χ0) is 5.49. The Morgan fingerprint density at radius 3 is 2.00 bits per heavy atom. The standard InChI is InChI=1S/C5H8O2/c1-4(6)5(7)2-3-5/h2-4,6-7H,1H3. The Morgan fingerprint density at radius 1 is 1.57 bits per heavy atom. The molecule has 0 fully saturated rings. The number of hydrogen-bond acceptors (Lipinski definition) is 2. The first-order chi connectivity index (χ1) is 3.15. The fraction of sp³-hybridized carbons (Fsp3) is 0.600. The van der Waals surface area contributed by atoms with Crippen LogP contribution < -0.4 is 0 Å². The molecule has 1 aliphatic carbocycles. The molecule has 1 aliphatic rings. The van der Waals surface area contributed by atoms with Crippen LogP contribution in [0.3, 0.4) is 0 Å². The second-order valence-electron chi connectivity index (χ2n) is 1.90. The molecule has 1 rings (SSSR count). The summed E-state index contributed by atoms with van der Waals surface area (Å²) in [6, 6.07) is 0. The van der Waals surface area contributed by atoms with Gasteiger partial charge in [-0.1, -0.05) is 0 Å². The Bertz CT molecular complexity index is 98.6. The molecule has 1 atom stereocenters. The summed E-state index contributed by atoms with van der Waals surface area (Å²) in [6.07, 6.45) is 2.49. The normalized spacial score (nSPS) is 27.3. The fourth-order valence-electron chi connectivity index (χ4n) is 0.364. The molecule has 0 heterocycles. The van der Waals surface area contributed by atoms with Crippen molar-refractivity contribution in [3.63, 3.8) is 0 Å². The highest BCUT2D eigenvalue weighted by molar-refractivity contribution is 5.30. The van der Waals surface area contributed by atoms with Crippen molar-refractivity contribution < 1.29 is 10.2 Å². The second kappa shape index (κ2) is 1.08. The Balaban J connectivity index is 2.41. The van der Waals surface area contributed by atoms with Gasteiger partial charge in [0.1, 0.15) is 5.60 Å². The second-order valence-corrected chi connectivity index (χ2v) is 1.90. The lowest BCUT2D eigenvalue weighted by molar-refractivity contribution is 0.0305. The Hall–Kier alpha value is -0.340. The molecule has 0 aromatic heterocycles. The molecule has 2 heteroatoms. The first kappa shape index (κ1) is 4.81. The monoisotopic (exact) mass is 100 g/mol.